The minimum absolute atomic E-state index is 0.00761. The quantitative estimate of drug-likeness (QED) is 0.201. The van der Waals surface area contributed by atoms with Gasteiger partial charge in [-0.2, -0.15) is 0 Å². The van der Waals surface area contributed by atoms with Gasteiger partial charge in [-0.25, -0.2) is 18.0 Å². The maximum Gasteiger partial charge on any atom is 0.410 e. The highest BCUT2D eigenvalue weighted by molar-refractivity contribution is 7.91. The summed E-state index contributed by atoms with van der Waals surface area (Å²) < 4.78 is 39.1. The Morgan fingerprint density at radius 2 is 1.88 bits per heavy atom. The van der Waals surface area contributed by atoms with E-state index in [4.69, 9.17) is 9.47 Å². The smallest absolute Gasteiger partial charge is 0.410 e. The molecule has 2 fully saturated rings. The van der Waals surface area contributed by atoms with Crippen LogP contribution in [0.3, 0.4) is 0 Å². The van der Waals surface area contributed by atoms with Crippen molar-refractivity contribution >= 4 is 51.9 Å². The van der Waals surface area contributed by atoms with Crippen molar-refractivity contribution < 1.29 is 46.7 Å². The summed E-state index contributed by atoms with van der Waals surface area (Å²) in [7, 11) is -4.00. The molecule has 17 heteroatoms. The Hall–Kier alpha value is -5.19. The molecule has 1 aliphatic carbocycles. The molecule has 16 nitrogen and oxygen atoms in total. The highest BCUT2D eigenvalue weighted by atomic mass is 32.2. The third-order valence-corrected chi connectivity index (χ3v) is 12.7. The molecule has 4 N–H and O–H groups in total. The number of carbonyl (C=O) groups is 6. The van der Waals surface area contributed by atoms with Gasteiger partial charge in [0.05, 0.1) is 24.9 Å². The van der Waals surface area contributed by atoms with Crippen molar-refractivity contribution in [2.24, 2.45) is 11.3 Å². The number of hydrogen-bond acceptors (Lipinski definition) is 10. The summed E-state index contributed by atoms with van der Waals surface area (Å²) in [6.45, 7) is 13.8. The fraction of sp³-hybridized carbons (Fsp3) is 0.538. The molecule has 1 saturated heterocycles. The molecule has 1 aromatic carbocycles. The SMILES string of the molecule is C=CC(=O)NC[C@@H]1NC(=O)OCC(C)(C)CC/C=C/c2cccc3c2CN(C3)C(=O)O[C@@H]2C[C@@H](C(=O)N[C@@](C)(C(=O)NS(=O)(=O)C3CC3)[C@@H](C)C=C)N(C2)C1=O. The molecule has 3 aliphatic heterocycles. The highest BCUT2D eigenvalue weighted by Gasteiger charge is 2.49. The lowest BCUT2D eigenvalue weighted by atomic mass is 9.85. The molecule has 304 valence electrons. The van der Waals surface area contributed by atoms with Gasteiger partial charge in [0, 0.05) is 25.4 Å². The van der Waals surface area contributed by atoms with Crippen molar-refractivity contribution in [1.82, 2.24) is 30.5 Å². The van der Waals surface area contributed by atoms with E-state index < -0.39 is 92.7 Å². The van der Waals surface area contributed by atoms with Gasteiger partial charge < -0.3 is 30.3 Å². The molecule has 3 heterocycles. The van der Waals surface area contributed by atoms with Crippen molar-refractivity contribution in [3.05, 3.63) is 66.3 Å². The molecule has 6 amide bonds. The largest absolute Gasteiger partial charge is 0.449 e. The summed E-state index contributed by atoms with van der Waals surface area (Å²) in [6, 6.07) is 2.99. The minimum Gasteiger partial charge on any atom is -0.449 e. The van der Waals surface area contributed by atoms with Crippen LogP contribution in [0.1, 0.15) is 76.5 Å². The van der Waals surface area contributed by atoms with Gasteiger partial charge in [0.1, 0.15) is 23.7 Å². The monoisotopic (exact) mass is 796 g/mol. The number of hydrogen-bond donors (Lipinski definition) is 4. The van der Waals surface area contributed by atoms with E-state index in [1.807, 2.05) is 44.2 Å². The van der Waals surface area contributed by atoms with Crippen molar-refractivity contribution in [2.45, 2.75) is 102 Å². The van der Waals surface area contributed by atoms with Gasteiger partial charge in [0.25, 0.3) is 5.91 Å². The Kier molecular flexibility index (Phi) is 12.7. The van der Waals surface area contributed by atoms with Crippen molar-refractivity contribution in [3.63, 3.8) is 0 Å². The fourth-order valence-electron chi connectivity index (χ4n) is 6.85. The second kappa shape index (κ2) is 16.9. The molecule has 4 bridgehead atoms. The van der Waals surface area contributed by atoms with Crippen LogP contribution in [0.2, 0.25) is 0 Å². The Morgan fingerprint density at radius 3 is 2.55 bits per heavy atom. The molecule has 0 aromatic heterocycles. The first-order valence-electron chi connectivity index (χ1n) is 18.7. The second-order valence-corrected chi connectivity index (χ2v) is 17.8. The fourth-order valence-corrected chi connectivity index (χ4v) is 8.24. The standard InChI is InChI=1S/C39H52N6O10S/c1-7-24(3)39(6,35(49)43-56(52,53)28-15-16-28)42-33(47)31-18-27-21-45(31)34(48)30(19-40-32(46)8-2)41-36(50)54-23-38(4,5)17-10-9-12-25-13-11-14-26-20-44(22-29(25)26)37(51)55-27/h7-9,11-14,24,27-28,30-31H,1-2,10,15-23H2,3-6H3,(H,40,46)(H,41,50)(H,42,47)(H,43,49)/b12-9+/t24-,27+,30-,31-,39+/m0/s1. The topological polar surface area (TPSA) is 210 Å². The maximum absolute atomic E-state index is 14.4. The van der Waals surface area contributed by atoms with Crippen LogP contribution in [0.15, 0.2) is 49.6 Å². The van der Waals surface area contributed by atoms with Gasteiger partial charge in [-0.3, -0.25) is 28.8 Å². The predicted octanol–water partition coefficient (Wildman–Crippen LogP) is 2.64. The van der Waals surface area contributed by atoms with Gasteiger partial charge >= 0.3 is 12.2 Å². The molecule has 0 radical (unpaired) electrons. The normalized spacial score (nSPS) is 24.9. The van der Waals surface area contributed by atoms with Gasteiger partial charge in [-0.05, 0) is 60.8 Å². The number of fused-ring (bicyclic) bond motifs is 3. The number of benzene rings is 1. The van der Waals surface area contributed by atoms with Crippen molar-refractivity contribution in [1.29, 1.82) is 0 Å². The van der Waals surface area contributed by atoms with Crippen LogP contribution >= 0.6 is 0 Å². The average Bonchev–Trinajstić information content (AvgIpc) is 3.80. The van der Waals surface area contributed by atoms with E-state index in [2.05, 4.69) is 33.8 Å². The Morgan fingerprint density at radius 1 is 1.14 bits per heavy atom. The van der Waals surface area contributed by atoms with E-state index in [-0.39, 0.29) is 32.7 Å². The Labute approximate surface area is 327 Å². The summed E-state index contributed by atoms with van der Waals surface area (Å²) in [6.07, 6.45) is 5.70. The third-order valence-electron chi connectivity index (χ3n) is 10.8. The zero-order chi connectivity index (χ0) is 41.0. The minimum atomic E-state index is -4.00. The number of nitrogens with zero attached hydrogens (tertiary/aromatic N) is 2. The predicted molar refractivity (Wildman–Crippen MR) is 206 cm³/mol. The summed E-state index contributed by atoms with van der Waals surface area (Å²) in [4.78, 5) is 84.0. The van der Waals surface area contributed by atoms with Gasteiger partial charge in [-0.15, -0.1) is 6.58 Å². The Balaban J connectivity index is 1.47. The molecule has 5 rings (SSSR count). The maximum atomic E-state index is 14.4. The van der Waals surface area contributed by atoms with Crippen LogP contribution in [0.25, 0.3) is 6.08 Å². The zero-order valence-electron chi connectivity index (χ0n) is 32.3. The van der Waals surface area contributed by atoms with E-state index in [1.54, 1.807) is 6.92 Å². The number of cyclic esters (lactones) is 1. The van der Waals surface area contributed by atoms with E-state index in [0.29, 0.717) is 25.7 Å². The molecule has 4 aliphatic rings. The van der Waals surface area contributed by atoms with E-state index >= 15 is 0 Å². The molecule has 56 heavy (non-hydrogen) atoms. The van der Waals surface area contributed by atoms with E-state index in [1.165, 1.54) is 17.9 Å². The van der Waals surface area contributed by atoms with E-state index in [0.717, 1.165) is 27.7 Å². The number of nitrogens with one attached hydrogen (secondary N) is 4. The number of allylic oxidation sites excluding steroid dienone is 1. The summed E-state index contributed by atoms with van der Waals surface area (Å²) in [5.74, 6) is -4.09. The molecule has 0 spiro atoms. The lowest BCUT2D eigenvalue weighted by molar-refractivity contribution is -0.142. The zero-order valence-corrected chi connectivity index (χ0v) is 33.1. The number of alkyl carbamates (subject to hydrolysis) is 1. The van der Waals surface area contributed by atoms with Crippen LogP contribution in [0.5, 0.6) is 0 Å². The first-order valence-corrected chi connectivity index (χ1v) is 20.3. The number of ether oxygens (including phenoxy) is 2. The van der Waals surface area contributed by atoms with Crippen molar-refractivity contribution in [2.75, 3.05) is 19.7 Å². The van der Waals surface area contributed by atoms with Gasteiger partial charge in [0.15, 0.2) is 0 Å². The summed E-state index contributed by atoms with van der Waals surface area (Å²) in [5.41, 5.74) is 0.569. The number of amides is 6. The molecule has 1 aromatic rings. The summed E-state index contributed by atoms with van der Waals surface area (Å²) >= 11 is 0. The number of rotatable bonds is 10. The van der Waals surface area contributed by atoms with Gasteiger partial charge in [0.2, 0.25) is 27.7 Å². The first kappa shape index (κ1) is 42.0. The molecular weight excluding hydrogens is 745 g/mol. The van der Waals surface area contributed by atoms with Crippen LogP contribution < -0.4 is 20.7 Å². The van der Waals surface area contributed by atoms with Crippen LogP contribution in [0.4, 0.5) is 9.59 Å². The lowest BCUT2D eigenvalue weighted by Crippen LogP contribution is -2.64. The van der Waals surface area contributed by atoms with Crippen LogP contribution in [-0.4, -0.2) is 103 Å². The summed E-state index contributed by atoms with van der Waals surface area (Å²) in [5, 5.41) is 6.96. The van der Waals surface area contributed by atoms with Crippen molar-refractivity contribution in [3.8, 4) is 0 Å². The Bertz CT molecular complexity index is 1910. The van der Waals surface area contributed by atoms with E-state index in [9.17, 15) is 37.2 Å². The second-order valence-electron chi connectivity index (χ2n) is 15.8. The van der Waals surface area contributed by atoms with Crippen LogP contribution in [-0.2, 0) is 51.8 Å². The number of carbonyl (C=O) groups excluding carboxylic acids is 6. The number of sulfonamides is 1. The highest BCUT2D eigenvalue weighted by Crippen LogP contribution is 2.32. The van der Waals surface area contributed by atoms with Crippen LogP contribution in [0, 0.1) is 11.3 Å². The molecule has 1 saturated carbocycles. The lowest BCUT2D eigenvalue weighted by Gasteiger charge is -2.36. The molecule has 0 unspecified atom stereocenters. The first-order chi connectivity index (χ1) is 26.4. The molecular formula is C39H52N6O10S. The molecule has 5 atom stereocenters. The third kappa shape index (κ3) is 9.78. The van der Waals surface area contributed by atoms with Gasteiger partial charge in [-0.1, -0.05) is 63.8 Å². The average molecular weight is 797 g/mol.